The van der Waals surface area contributed by atoms with Crippen LogP contribution in [0, 0.1) is 6.92 Å². The first kappa shape index (κ1) is 21.2. The molecule has 0 fully saturated rings. The highest BCUT2D eigenvalue weighted by Crippen LogP contribution is 2.34. The molecule has 0 spiro atoms. The molecule has 0 aliphatic carbocycles. The number of phenolic OH excluding ortho intramolecular Hbond substituents is 1. The number of nitrogens with zero attached hydrogens (tertiary/aromatic N) is 1. The molecule has 0 amide bonds. The molecule has 0 saturated heterocycles. The maximum absolute atomic E-state index is 12.0. The predicted octanol–water partition coefficient (Wildman–Crippen LogP) is 0.712. The van der Waals surface area contributed by atoms with Crippen LogP contribution in [0.25, 0.3) is 0 Å². The number of ether oxygens (including phenoxy) is 1. The van der Waals surface area contributed by atoms with Gasteiger partial charge in [-0.2, -0.15) is 0 Å². The van der Waals surface area contributed by atoms with Crippen molar-refractivity contribution in [3.05, 3.63) is 60.3 Å². The molecule has 9 nitrogen and oxygen atoms in total. The number of phenols is 1. The van der Waals surface area contributed by atoms with E-state index in [-0.39, 0.29) is 30.7 Å². The molecule has 0 unspecified atom stereocenters. The van der Waals surface area contributed by atoms with Crippen LogP contribution in [0.4, 0.5) is 0 Å². The van der Waals surface area contributed by atoms with Gasteiger partial charge >= 0.3 is 23.0 Å². The number of aromatic amines is 2. The first-order valence-corrected chi connectivity index (χ1v) is 8.91. The average Bonchev–Trinajstić information content (AvgIpc) is 2.57. The summed E-state index contributed by atoms with van der Waals surface area (Å²) in [5.74, 6) is -0.215. The maximum atomic E-state index is 12.0. The summed E-state index contributed by atoms with van der Waals surface area (Å²) in [6, 6.07) is 3.71. The fraction of sp³-hybridized carbons (Fsp3) is 0.474. The van der Waals surface area contributed by atoms with Crippen molar-refractivity contribution >= 4 is 5.97 Å². The number of aromatic hydroxyl groups is 1. The Morgan fingerprint density at radius 1 is 1.14 bits per heavy atom. The fourth-order valence-corrected chi connectivity index (χ4v) is 2.80. The van der Waals surface area contributed by atoms with Crippen molar-refractivity contribution in [3.63, 3.8) is 0 Å². The molecule has 2 rings (SSSR count). The Morgan fingerprint density at radius 2 is 1.75 bits per heavy atom. The number of esters is 1. The number of H-pyrrole nitrogens is 2. The molecule has 3 N–H and O–H groups in total. The zero-order chi connectivity index (χ0) is 21.1. The van der Waals surface area contributed by atoms with E-state index in [1.54, 1.807) is 0 Å². The number of hydrogen-bond acceptors (Lipinski definition) is 6. The largest absolute Gasteiger partial charge is 0.507 e. The van der Waals surface area contributed by atoms with Gasteiger partial charge in [0.05, 0.1) is 6.54 Å². The average molecular weight is 391 g/mol. The minimum absolute atomic E-state index is 0.116. The van der Waals surface area contributed by atoms with Gasteiger partial charge < -0.3 is 9.84 Å². The van der Waals surface area contributed by atoms with E-state index >= 15 is 0 Å². The first-order valence-electron chi connectivity index (χ1n) is 8.91. The molecule has 0 radical (unpaired) electrons. The molecule has 0 atom stereocenters. The van der Waals surface area contributed by atoms with Crippen molar-refractivity contribution in [2.75, 3.05) is 6.61 Å². The van der Waals surface area contributed by atoms with Crippen LogP contribution in [0.15, 0.2) is 26.5 Å². The Labute approximate surface area is 161 Å². The normalized spacial score (nSPS) is 11.4. The van der Waals surface area contributed by atoms with E-state index in [9.17, 15) is 24.3 Å². The zero-order valence-electron chi connectivity index (χ0n) is 16.4. The Bertz CT molecular complexity index is 1010. The molecule has 0 aliphatic heterocycles. The third-order valence-corrected chi connectivity index (χ3v) is 4.30. The number of benzene rings is 1. The van der Waals surface area contributed by atoms with Crippen molar-refractivity contribution < 1.29 is 14.6 Å². The molecule has 1 aromatic heterocycles. The standard InChI is InChI=1S/C19H25N3O6/c1-11-9-12(10-13(15(11)24)19(2,3)4)5-6-14(23)28-8-7-22-17(26)20-16(25)21-18(22)27/h9-10,24H,5-8H2,1-4H3,(H2,20,21,25,26,27). The van der Waals surface area contributed by atoms with Crippen LogP contribution >= 0.6 is 0 Å². The molecule has 0 aliphatic rings. The summed E-state index contributed by atoms with van der Waals surface area (Å²) in [7, 11) is 0. The van der Waals surface area contributed by atoms with Crippen molar-refractivity contribution in [2.24, 2.45) is 0 Å². The van der Waals surface area contributed by atoms with Crippen LogP contribution in [-0.2, 0) is 27.9 Å². The SMILES string of the molecule is Cc1cc(CCC(=O)OCCn2c(=O)[nH]c(=O)[nH]c2=O)cc(C(C)(C)C)c1O. The topological polar surface area (TPSA) is 134 Å². The van der Waals surface area contributed by atoms with Gasteiger partial charge in [-0.3, -0.25) is 14.8 Å². The number of carbonyl (C=O) groups excluding carboxylic acids is 1. The summed E-state index contributed by atoms with van der Waals surface area (Å²) in [5.41, 5.74) is -0.381. The lowest BCUT2D eigenvalue weighted by Gasteiger charge is -2.22. The third kappa shape index (κ3) is 5.21. The summed E-state index contributed by atoms with van der Waals surface area (Å²) in [5, 5.41) is 10.3. The monoisotopic (exact) mass is 391 g/mol. The van der Waals surface area contributed by atoms with Gasteiger partial charge in [0.15, 0.2) is 0 Å². The van der Waals surface area contributed by atoms with Crippen molar-refractivity contribution in [1.29, 1.82) is 0 Å². The van der Waals surface area contributed by atoms with E-state index in [1.807, 2.05) is 49.8 Å². The molecule has 152 valence electrons. The molecular weight excluding hydrogens is 366 g/mol. The Morgan fingerprint density at radius 3 is 2.32 bits per heavy atom. The fourth-order valence-electron chi connectivity index (χ4n) is 2.80. The predicted molar refractivity (Wildman–Crippen MR) is 103 cm³/mol. The van der Waals surface area contributed by atoms with Gasteiger partial charge in [0.25, 0.3) is 0 Å². The molecule has 1 heterocycles. The van der Waals surface area contributed by atoms with Gasteiger partial charge in [-0.25, -0.2) is 19.0 Å². The van der Waals surface area contributed by atoms with Gasteiger partial charge in [0, 0.05) is 6.42 Å². The quantitative estimate of drug-likeness (QED) is 0.621. The Hall–Kier alpha value is -3.10. The Kier molecular flexibility index (Phi) is 6.27. The summed E-state index contributed by atoms with van der Waals surface area (Å²) >= 11 is 0. The highest BCUT2D eigenvalue weighted by molar-refractivity contribution is 5.69. The van der Waals surface area contributed by atoms with Crippen molar-refractivity contribution in [1.82, 2.24) is 14.5 Å². The minimum atomic E-state index is -0.887. The van der Waals surface area contributed by atoms with Crippen LogP contribution in [0.2, 0.25) is 0 Å². The van der Waals surface area contributed by atoms with Crippen LogP contribution in [0.3, 0.4) is 0 Å². The van der Waals surface area contributed by atoms with Crippen molar-refractivity contribution in [2.45, 2.75) is 52.5 Å². The highest BCUT2D eigenvalue weighted by Gasteiger charge is 2.20. The van der Waals surface area contributed by atoms with E-state index in [2.05, 4.69) is 0 Å². The summed E-state index contributed by atoms with van der Waals surface area (Å²) in [6.07, 6.45) is 0.549. The van der Waals surface area contributed by atoms with E-state index < -0.39 is 23.0 Å². The van der Waals surface area contributed by atoms with E-state index in [0.717, 1.165) is 21.3 Å². The molecule has 1 aromatic carbocycles. The number of aryl methyl sites for hydroxylation is 2. The lowest BCUT2D eigenvalue weighted by Crippen LogP contribution is -2.44. The second-order valence-corrected chi connectivity index (χ2v) is 7.62. The van der Waals surface area contributed by atoms with E-state index in [1.165, 1.54) is 0 Å². The molecule has 2 aromatic rings. The van der Waals surface area contributed by atoms with E-state index in [4.69, 9.17) is 4.74 Å². The van der Waals surface area contributed by atoms with Crippen molar-refractivity contribution in [3.8, 4) is 5.75 Å². The molecule has 0 saturated carbocycles. The van der Waals surface area contributed by atoms with Gasteiger partial charge in [0.2, 0.25) is 0 Å². The number of nitrogens with one attached hydrogen (secondary N) is 2. The van der Waals surface area contributed by atoms with E-state index in [0.29, 0.717) is 6.42 Å². The number of carbonyl (C=O) groups is 1. The Balaban J connectivity index is 1.95. The molecule has 0 bridgehead atoms. The van der Waals surface area contributed by atoms with Crippen LogP contribution in [0.1, 0.15) is 43.9 Å². The maximum Gasteiger partial charge on any atom is 0.333 e. The second-order valence-electron chi connectivity index (χ2n) is 7.62. The number of rotatable bonds is 6. The smallest absolute Gasteiger partial charge is 0.333 e. The lowest BCUT2D eigenvalue weighted by molar-refractivity contribution is -0.143. The van der Waals surface area contributed by atoms with Crippen LogP contribution in [0.5, 0.6) is 5.75 Å². The van der Waals surface area contributed by atoms with Crippen LogP contribution in [-0.4, -0.2) is 32.2 Å². The van der Waals surface area contributed by atoms with Gasteiger partial charge in [-0.1, -0.05) is 32.9 Å². The number of hydrogen-bond donors (Lipinski definition) is 3. The first-order chi connectivity index (χ1) is 13.0. The summed E-state index contributed by atoms with van der Waals surface area (Å²) in [6.45, 7) is 7.48. The minimum Gasteiger partial charge on any atom is -0.507 e. The number of aromatic nitrogens is 3. The zero-order valence-corrected chi connectivity index (χ0v) is 16.4. The van der Waals surface area contributed by atoms with Gasteiger partial charge in [-0.15, -0.1) is 0 Å². The summed E-state index contributed by atoms with van der Waals surface area (Å²) < 4.78 is 5.81. The molecular formula is C19H25N3O6. The van der Waals surface area contributed by atoms with Crippen LogP contribution < -0.4 is 17.1 Å². The van der Waals surface area contributed by atoms with Gasteiger partial charge in [-0.05, 0) is 35.4 Å². The lowest BCUT2D eigenvalue weighted by atomic mass is 9.83. The van der Waals surface area contributed by atoms with Gasteiger partial charge in [0.1, 0.15) is 12.4 Å². The molecule has 28 heavy (non-hydrogen) atoms. The molecule has 9 heteroatoms. The third-order valence-electron chi connectivity index (χ3n) is 4.30. The highest BCUT2D eigenvalue weighted by atomic mass is 16.5. The second kappa shape index (κ2) is 8.28. The summed E-state index contributed by atoms with van der Waals surface area (Å²) in [4.78, 5) is 49.9.